The van der Waals surface area contributed by atoms with E-state index >= 15 is 0 Å². The van der Waals surface area contributed by atoms with Gasteiger partial charge >= 0.3 is 0 Å². The van der Waals surface area contributed by atoms with E-state index < -0.39 is 5.72 Å². The molecule has 1 N–H and O–H groups in total. The van der Waals surface area contributed by atoms with Gasteiger partial charge in [0.25, 0.3) is 5.56 Å². The molecule has 1 aromatic heterocycles. The van der Waals surface area contributed by atoms with Crippen molar-refractivity contribution in [2.45, 2.75) is 19.1 Å². The van der Waals surface area contributed by atoms with Gasteiger partial charge in [0.05, 0.1) is 25.1 Å². The van der Waals surface area contributed by atoms with E-state index in [1.807, 2.05) is 12.1 Å². The summed E-state index contributed by atoms with van der Waals surface area (Å²) in [5.74, 6) is 1.56. The molecule has 3 aromatic rings. The quantitative estimate of drug-likeness (QED) is 0.776. The van der Waals surface area contributed by atoms with Gasteiger partial charge in [-0.2, -0.15) is 0 Å². The average molecular weight is 338 g/mol. The number of hydrogen-bond acceptors (Lipinski definition) is 5. The first-order valence-corrected chi connectivity index (χ1v) is 7.96. The lowest BCUT2D eigenvalue weighted by Gasteiger charge is -2.34. The normalized spacial score (nSPS) is 18.6. The fourth-order valence-corrected chi connectivity index (χ4v) is 3.48. The SMILES string of the molecule is COc1cc2c(cc1OC)-c1nc3ccccc3c(=O)n1C(C)(O)C2. The van der Waals surface area contributed by atoms with E-state index in [-0.39, 0.29) is 12.0 Å². The van der Waals surface area contributed by atoms with Crippen LogP contribution in [0.3, 0.4) is 0 Å². The van der Waals surface area contributed by atoms with Gasteiger partial charge in [-0.05, 0) is 36.8 Å². The van der Waals surface area contributed by atoms with Crippen LogP contribution in [0.15, 0.2) is 41.2 Å². The summed E-state index contributed by atoms with van der Waals surface area (Å²) in [4.78, 5) is 17.6. The second-order valence-corrected chi connectivity index (χ2v) is 6.35. The standard InChI is InChI=1S/C19H18N2O4/c1-19(23)10-11-8-15(24-2)16(25-3)9-13(11)17-20-14-7-5-4-6-12(14)18(22)21(17)19/h4-9,23H,10H2,1-3H3. The minimum absolute atomic E-state index is 0.258. The molecule has 4 rings (SSSR count). The van der Waals surface area contributed by atoms with Gasteiger partial charge in [0.15, 0.2) is 11.5 Å². The zero-order valence-corrected chi connectivity index (χ0v) is 14.2. The fourth-order valence-electron chi connectivity index (χ4n) is 3.48. The molecule has 0 aliphatic carbocycles. The Balaban J connectivity index is 2.12. The van der Waals surface area contributed by atoms with E-state index in [9.17, 15) is 9.90 Å². The number of aliphatic hydroxyl groups is 1. The maximum absolute atomic E-state index is 13.0. The van der Waals surface area contributed by atoms with Crippen molar-refractivity contribution < 1.29 is 14.6 Å². The van der Waals surface area contributed by atoms with Gasteiger partial charge in [-0.3, -0.25) is 9.36 Å². The number of para-hydroxylation sites is 1. The van der Waals surface area contributed by atoms with Crippen LogP contribution in [0, 0.1) is 0 Å². The Hall–Kier alpha value is -2.86. The minimum atomic E-state index is -1.38. The van der Waals surface area contributed by atoms with Gasteiger partial charge in [-0.15, -0.1) is 0 Å². The zero-order valence-electron chi connectivity index (χ0n) is 14.2. The van der Waals surface area contributed by atoms with E-state index in [1.165, 1.54) is 4.57 Å². The fraction of sp³-hybridized carbons (Fsp3) is 0.263. The lowest BCUT2D eigenvalue weighted by Crippen LogP contribution is -2.44. The van der Waals surface area contributed by atoms with Crippen molar-refractivity contribution in [2.75, 3.05) is 14.2 Å². The highest BCUT2D eigenvalue weighted by Crippen LogP contribution is 2.41. The van der Waals surface area contributed by atoms with Crippen LogP contribution < -0.4 is 15.0 Å². The molecule has 0 amide bonds. The summed E-state index contributed by atoms with van der Waals surface area (Å²) in [6.45, 7) is 1.62. The number of aromatic nitrogens is 2. The molecule has 0 saturated heterocycles. The van der Waals surface area contributed by atoms with Crippen molar-refractivity contribution in [3.63, 3.8) is 0 Å². The van der Waals surface area contributed by atoms with Gasteiger partial charge in [0, 0.05) is 12.0 Å². The van der Waals surface area contributed by atoms with Crippen LogP contribution in [0.5, 0.6) is 11.5 Å². The van der Waals surface area contributed by atoms with Crippen LogP contribution >= 0.6 is 0 Å². The molecule has 1 aliphatic heterocycles. The molecule has 1 aliphatic rings. The highest BCUT2D eigenvalue weighted by atomic mass is 16.5. The van der Waals surface area contributed by atoms with Crippen LogP contribution in [-0.2, 0) is 12.1 Å². The molecule has 128 valence electrons. The number of nitrogens with zero attached hydrogens (tertiary/aromatic N) is 2. The largest absolute Gasteiger partial charge is 0.493 e. The molecule has 6 nitrogen and oxygen atoms in total. The minimum Gasteiger partial charge on any atom is -0.493 e. The smallest absolute Gasteiger partial charge is 0.264 e. The summed E-state index contributed by atoms with van der Waals surface area (Å²) >= 11 is 0. The van der Waals surface area contributed by atoms with Crippen LogP contribution in [0.1, 0.15) is 12.5 Å². The van der Waals surface area contributed by atoms with E-state index in [0.29, 0.717) is 28.2 Å². The average Bonchev–Trinajstić information content (AvgIpc) is 2.60. The third-order valence-electron chi connectivity index (χ3n) is 4.63. The molecule has 25 heavy (non-hydrogen) atoms. The number of rotatable bonds is 2. The highest BCUT2D eigenvalue weighted by Gasteiger charge is 2.36. The Morgan fingerprint density at radius 1 is 1.16 bits per heavy atom. The van der Waals surface area contributed by atoms with Gasteiger partial charge in [0.2, 0.25) is 0 Å². The van der Waals surface area contributed by atoms with Crippen molar-refractivity contribution in [3.8, 4) is 22.9 Å². The molecule has 0 fully saturated rings. The van der Waals surface area contributed by atoms with Crippen molar-refractivity contribution >= 4 is 10.9 Å². The number of fused-ring (bicyclic) bond motifs is 4. The van der Waals surface area contributed by atoms with Crippen molar-refractivity contribution in [3.05, 3.63) is 52.3 Å². The lowest BCUT2D eigenvalue weighted by molar-refractivity contribution is -0.0225. The Bertz CT molecular complexity index is 1050. The number of hydrogen-bond donors (Lipinski definition) is 1. The summed E-state index contributed by atoms with van der Waals surface area (Å²) in [6, 6.07) is 10.8. The first kappa shape index (κ1) is 15.7. The molecule has 0 radical (unpaired) electrons. The Kier molecular flexibility index (Phi) is 3.33. The molecule has 1 atom stereocenters. The Morgan fingerprint density at radius 3 is 2.56 bits per heavy atom. The summed E-state index contributed by atoms with van der Waals surface area (Å²) in [7, 11) is 3.12. The maximum Gasteiger partial charge on any atom is 0.264 e. The van der Waals surface area contributed by atoms with Crippen LogP contribution in [0.25, 0.3) is 22.3 Å². The lowest BCUT2D eigenvalue weighted by atomic mass is 9.92. The van der Waals surface area contributed by atoms with Crippen molar-refractivity contribution in [1.82, 2.24) is 9.55 Å². The van der Waals surface area contributed by atoms with Crippen LogP contribution in [0.4, 0.5) is 0 Å². The van der Waals surface area contributed by atoms with Crippen molar-refractivity contribution in [2.24, 2.45) is 0 Å². The number of benzene rings is 2. The molecule has 2 heterocycles. The molecule has 0 saturated carbocycles. The number of ether oxygens (including phenoxy) is 2. The zero-order chi connectivity index (χ0) is 17.8. The van der Waals surface area contributed by atoms with E-state index in [4.69, 9.17) is 9.47 Å². The van der Waals surface area contributed by atoms with Crippen LogP contribution in [-0.4, -0.2) is 28.9 Å². The molecular weight excluding hydrogens is 320 g/mol. The molecule has 0 bridgehead atoms. The second-order valence-electron chi connectivity index (χ2n) is 6.35. The predicted octanol–water partition coefficient (Wildman–Crippen LogP) is 2.30. The third kappa shape index (κ3) is 2.21. The first-order chi connectivity index (χ1) is 12.0. The summed E-state index contributed by atoms with van der Waals surface area (Å²) in [5, 5.41) is 11.4. The highest BCUT2D eigenvalue weighted by molar-refractivity contribution is 5.81. The first-order valence-electron chi connectivity index (χ1n) is 7.96. The maximum atomic E-state index is 13.0. The monoisotopic (exact) mass is 338 g/mol. The second kappa shape index (κ2) is 5.32. The van der Waals surface area contributed by atoms with E-state index in [0.717, 1.165) is 11.1 Å². The summed E-state index contributed by atoms with van der Waals surface area (Å²) in [5.41, 5.74) is 0.566. The van der Waals surface area contributed by atoms with Gasteiger partial charge < -0.3 is 14.6 Å². The van der Waals surface area contributed by atoms with Gasteiger partial charge in [0.1, 0.15) is 11.5 Å². The Labute approximate surface area is 144 Å². The molecule has 0 spiro atoms. The number of methoxy groups -OCH3 is 2. The third-order valence-corrected chi connectivity index (χ3v) is 4.63. The molecular formula is C19H18N2O4. The molecule has 1 unspecified atom stereocenters. The topological polar surface area (TPSA) is 73.6 Å². The van der Waals surface area contributed by atoms with Gasteiger partial charge in [-0.25, -0.2) is 4.98 Å². The van der Waals surface area contributed by atoms with Crippen LogP contribution in [0.2, 0.25) is 0 Å². The summed E-state index contributed by atoms with van der Waals surface area (Å²) < 4.78 is 12.1. The predicted molar refractivity (Wildman–Crippen MR) is 94.1 cm³/mol. The van der Waals surface area contributed by atoms with E-state index in [1.54, 1.807) is 45.4 Å². The Morgan fingerprint density at radius 2 is 1.84 bits per heavy atom. The van der Waals surface area contributed by atoms with Crippen molar-refractivity contribution in [1.29, 1.82) is 0 Å². The van der Waals surface area contributed by atoms with Gasteiger partial charge in [-0.1, -0.05) is 12.1 Å². The molecule has 6 heteroatoms. The van der Waals surface area contributed by atoms with E-state index in [2.05, 4.69) is 4.98 Å². The molecule has 2 aromatic carbocycles. The summed E-state index contributed by atoms with van der Waals surface area (Å²) in [6.07, 6.45) is 0.273.